The SMILES string of the molecule is O=[N+]([O-])OC1CCOC2C(O)CCOC12. The number of fused-ring (bicyclic) bond motifs is 1. The lowest BCUT2D eigenvalue weighted by atomic mass is 9.94. The van der Waals surface area contributed by atoms with Gasteiger partial charge in [-0.15, -0.1) is 10.1 Å². The van der Waals surface area contributed by atoms with Gasteiger partial charge in [0.2, 0.25) is 0 Å². The molecule has 2 fully saturated rings. The molecule has 0 aromatic carbocycles. The van der Waals surface area contributed by atoms with E-state index in [1.807, 2.05) is 0 Å². The van der Waals surface area contributed by atoms with Crippen molar-refractivity contribution in [2.24, 2.45) is 0 Å². The van der Waals surface area contributed by atoms with E-state index in [9.17, 15) is 15.2 Å². The Morgan fingerprint density at radius 1 is 1.27 bits per heavy atom. The fourth-order valence-electron chi connectivity index (χ4n) is 2.04. The Bertz CT molecular complexity index is 247. The molecule has 2 saturated heterocycles. The van der Waals surface area contributed by atoms with Gasteiger partial charge in [0.05, 0.1) is 6.10 Å². The lowest BCUT2D eigenvalue weighted by Crippen LogP contribution is -2.56. The van der Waals surface area contributed by atoms with Gasteiger partial charge < -0.3 is 19.4 Å². The zero-order valence-electron chi connectivity index (χ0n) is 8.07. The van der Waals surface area contributed by atoms with E-state index in [1.165, 1.54) is 0 Å². The molecule has 15 heavy (non-hydrogen) atoms. The molecule has 2 rings (SSSR count). The molecular formula is C8H13NO6. The lowest BCUT2D eigenvalue weighted by Gasteiger charge is -2.41. The van der Waals surface area contributed by atoms with Crippen LogP contribution in [0.2, 0.25) is 0 Å². The molecule has 0 aliphatic carbocycles. The third-order valence-corrected chi connectivity index (χ3v) is 2.73. The van der Waals surface area contributed by atoms with Gasteiger partial charge in [-0.1, -0.05) is 0 Å². The van der Waals surface area contributed by atoms with E-state index in [-0.39, 0.29) is 0 Å². The molecule has 2 aliphatic rings. The fraction of sp³-hybridized carbons (Fsp3) is 1.00. The van der Waals surface area contributed by atoms with Crippen LogP contribution in [0.3, 0.4) is 0 Å². The highest BCUT2D eigenvalue weighted by atomic mass is 17.0. The normalized spacial score (nSPS) is 40.6. The predicted molar refractivity (Wildman–Crippen MR) is 46.6 cm³/mol. The molecule has 7 nitrogen and oxygen atoms in total. The maximum absolute atomic E-state index is 10.2. The Balaban J connectivity index is 2.03. The van der Waals surface area contributed by atoms with E-state index >= 15 is 0 Å². The Labute approximate surface area is 86.0 Å². The van der Waals surface area contributed by atoms with Gasteiger partial charge in [-0.2, -0.15) is 0 Å². The number of ether oxygens (including phenoxy) is 2. The van der Waals surface area contributed by atoms with E-state index < -0.39 is 29.5 Å². The average molecular weight is 219 g/mol. The molecule has 0 saturated carbocycles. The summed E-state index contributed by atoms with van der Waals surface area (Å²) in [5.74, 6) is 0. The monoisotopic (exact) mass is 219 g/mol. The minimum atomic E-state index is -0.822. The molecule has 2 heterocycles. The van der Waals surface area contributed by atoms with E-state index in [2.05, 4.69) is 4.84 Å². The van der Waals surface area contributed by atoms with Crippen molar-refractivity contribution in [3.63, 3.8) is 0 Å². The van der Waals surface area contributed by atoms with E-state index in [0.29, 0.717) is 26.1 Å². The van der Waals surface area contributed by atoms with Crippen molar-refractivity contribution in [2.75, 3.05) is 13.2 Å². The van der Waals surface area contributed by atoms with Crippen molar-refractivity contribution in [3.05, 3.63) is 10.1 Å². The summed E-state index contributed by atoms with van der Waals surface area (Å²) in [5, 5.41) is 19.1. The van der Waals surface area contributed by atoms with Crippen molar-refractivity contribution >= 4 is 0 Å². The highest BCUT2D eigenvalue weighted by Gasteiger charge is 2.43. The summed E-state index contributed by atoms with van der Waals surface area (Å²) < 4.78 is 10.7. The van der Waals surface area contributed by atoms with Gasteiger partial charge in [0.1, 0.15) is 18.3 Å². The van der Waals surface area contributed by atoms with E-state index in [0.717, 1.165) is 0 Å². The van der Waals surface area contributed by atoms with Crippen LogP contribution in [0.25, 0.3) is 0 Å². The number of rotatable bonds is 2. The number of aliphatic hydroxyl groups is 1. The molecule has 0 bridgehead atoms. The van der Waals surface area contributed by atoms with Crippen LogP contribution in [-0.2, 0) is 14.3 Å². The summed E-state index contributed by atoms with van der Waals surface area (Å²) in [6, 6.07) is 0. The van der Waals surface area contributed by atoms with Crippen LogP contribution in [0.4, 0.5) is 0 Å². The molecule has 2 aliphatic heterocycles. The van der Waals surface area contributed by atoms with Gasteiger partial charge in [0.15, 0.2) is 0 Å². The summed E-state index contributed by atoms with van der Waals surface area (Å²) in [5.41, 5.74) is 0. The molecule has 0 spiro atoms. The third-order valence-electron chi connectivity index (χ3n) is 2.73. The van der Waals surface area contributed by atoms with Crippen molar-refractivity contribution < 1.29 is 24.5 Å². The molecule has 86 valence electrons. The fourth-order valence-corrected chi connectivity index (χ4v) is 2.04. The van der Waals surface area contributed by atoms with Gasteiger partial charge >= 0.3 is 0 Å². The van der Waals surface area contributed by atoms with E-state index in [4.69, 9.17) is 9.47 Å². The topological polar surface area (TPSA) is 91.1 Å². The maximum Gasteiger partial charge on any atom is 0.294 e. The molecule has 0 radical (unpaired) electrons. The zero-order chi connectivity index (χ0) is 10.8. The van der Waals surface area contributed by atoms with Crippen molar-refractivity contribution in [1.82, 2.24) is 0 Å². The van der Waals surface area contributed by atoms with Crippen LogP contribution in [0.15, 0.2) is 0 Å². The van der Waals surface area contributed by atoms with Crippen LogP contribution in [0.1, 0.15) is 12.8 Å². The summed E-state index contributed by atoms with van der Waals surface area (Å²) >= 11 is 0. The van der Waals surface area contributed by atoms with Crippen molar-refractivity contribution in [1.29, 1.82) is 0 Å². The van der Waals surface area contributed by atoms with Crippen molar-refractivity contribution in [2.45, 2.75) is 37.3 Å². The standard InChI is InChI=1S/C8H13NO6/c10-5-1-3-14-8-6(15-9(11)12)2-4-13-7(5)8/h5-8,10H,1-4H2. The molecule has 4 atom stereocenters. The Morgan fingerprint density at radius 3 is 2.67 bits per heavy atom. The van der Waals surface area contributed by atoms with Gasteiger partial charge in [0.25, 0.3) is 5.09 Å². The van der Waals surface area contributed by atoms with Crippen molar-refractivity contribution in [3.8, 4) is 0 Å². The highest BCUT2D eigenvalue weighted by Crippen LogP contribution is 2.27. The van der Waals surface area contributed by atoms with Gasteiger partial charge in [-0.3, -0.25) is 0 Å². The first-order valence-electron chi connectivity index (χ1n) is 4.91. The van der Waals surface area contributed by atoms with Gasteiger partial charge in [-0.05, 0) is 12.8 Å². The highest BCUT2D eigenvalue weighted by molar-refractivity contribution is 4.90. The van der Waals surface area contributed by atoms with Crippen LogP contribution in [0, 0.1) is 10.1 Å². The summed E-state index contributed by atoms with van der Waals surface area (Å²) in [6.07, 6.45) is -1.39. The molecule has 0 amide bonds. The number of nitrogens with zero attached hydrogens (tertiary/aromatic N) is 1. The maximum atomic E-state index is 10.2. The second-order valence-electron chi connectivity index (χ2n) is 3.68. The first kappa shape index (κ1) is 10.6. The van der Waals surface area contributed by atoms with Crippen LogP contribution in [0.5, 0.6) is 0 Å². The quantitative estimate of drug-likeness (QED) is 0.497. The second-order valence-corrected chi connectivity index (χ2v) is 3.68. The number of hydrogen-bond acceptors (Lipinski definition) is 6. The summed E-state index contributed by atoms with van der Waals surface area (Å²) in [6.45, 7) is 0.726. The lowest BCUT2D eigenvalue weighted by molar-refractivity contribution is -0.772. The minimum Gasteiger partial charge on any atom is -0.390 e. The second kappa shape index (κ2) is 4.30. The summed E-state index contributed by atoms with van der Waals surface area (Å²) in [7, 11) is 0. The van der Waals surface area contributed by atoms with Crippen LogP contribution >= 0.6 is 0 Å². The van der Waals surface area contributed by atoms with Crippen LogP contribution < -0.4 is 0 Å². The first-order chi connectivity index (χ1) is 7.18. The average Bonchev–Trinajstić information content (AvgIpc) is 2.19. The van der Waals surface area contributed by atoms with Gasteiger partial charge in [-0.25, -0.2) is 0 Å². The van der Waals surface area contributed by atoms with Crippen LogP contribution in [-0.4, -0.2) is 47.8 Å². The molecular weight excluding hydrogens is 206 g/mol. The Hall–Kier alpha value is -0.920. The molecule has 4 unspecified atom stereocenters. The molecule has 0 aromatic rings. The number of aliphatic hydroxyl groups excluding tert-OH is 1. The predicted octanol–water partition coefficient (Wildman–Crippen LogP) is -0.498. The molecule has 1 N–H and O–H groups in total. The zero-order valence-corrected chi connectivity index (χ0v) is 8.07. The molecule has 7 heteroatoms. The largest absolute Gasteiger partial charge is 0.390 e. The van der Waals surface area contributed by atoms with E-state index in [1.54, 1.807) is 0 Å². The first-order valence-corrected chi connectivity index (χ1v) is 4.91. The minimum absolute atomic E-state index is 0.347. The number of hydrogen-bond donors (Lipinski definition) is 1. The Morgan fingerprint density at radius 2 is 1.93 bits per heavy atom. The molecule has 0 aromatic heterocycles. The Kier molecular flexibility index (Phi) is 3.03. The summed E-state index contributed by atoms with van der Waals surface area (Å²) in [4.78, 5) is 14.8. The smallest absolute Gasteiger partial charge is 0.294 e. The third kappa shape index (κ3) is 2.19. The van der Waals surface area contributed by atoms with Gasteiger partial charge in [0, 0.05) is 13.2 Å².